The van der Waals surface area contributed by atoms with Crippen LogP contribution in [-0.2, 0) is 10.0 Å². The highest BCUT2D eigenvalue weighted by molar-refractivity contribution is 9.09. The van der Waals surface area contributed by atoms with E-state index < -0.39 is 14.8 Å². The maximum atomic E-state index is 12.1. The van der Waals surface area contributed by atoms with Gasteiger partial charge in [0.05, 0.1) is 4.75 Å². The van der Waals surface area contributed by atoms with Crippen LogP contribution in [0.3, 0.4) is 0 Å². The number of sulfonamides is 1. The molecule has 1 unspecified atom stereocenters. The van der Waals surface area contributed by atoms with E-state index in [0.29, 0.717) is 19.0 Å². The first kappa shape index (κ1) is 13.5. The van der Waals surface area contributed by atoms with Crippen molar-refractivity contribution in [3.63, 3.8) is 0 Å². The molecule has 90 valence electrons. The summed E-state index contributed by atoms with van der Waals surface area (Å²) in [4.78, 5) is 0. The average molecular weight is 298 g/mol. The second-order valence-electron chi connectivity index (χ2n) is 5.11. The molecule has 0 amide bonds. The lowest BCUT2D eigenvalue weighted by molar-refractivity contribution is 0.433. The van der Waals surface area contributed by atoms with Crippen molar-refractivity contribution in [1.82, 2.24) is 4.31 Å². The molecule has 0 radical (unpaired) electrons. The van der Waals surface area contributed by atoms with Crippen molar-refractivity contribution in [1.29, 1.82) is 0 Å². The topological polar surface area (TPSA) is 37.4 Å². The van der Waals surface area contributed by atoms with Gasteiger partial charge in [0.1, 0.15) is 0 Å². The molecule has 0 saturated carbocycles. The van der Waals surface area contributed by atoms with Gasteiger partial charge in [-0.1, -0.05) is 15.9 Å². The van der Waals surface area contributed by atoms with Crippen molar-refractivity contribution in [2.24, 2.45) is 5.92 Å². The number of halogens is 1. The molecule has 0 aromatic heterocycles. The van der Waals surface area contributed by atoms with Gasteiger partial charge in [0.15, 0.2) is 0 Å². The number of nitrogens with zero attached hydrogens (tertiary/aromatic N) is 1. The van der Waals surface area contributed by atoms with Crippen LogP contribution >= 0.6 is 15.9 Å². The van der Waals surface area contributed by atoms with Crippen LogP contribution < -0.4 is 0 Å². The molecule has 0 spiro atoms. The van der Waals surface area contributed by atoms with Crippen LogP contribution in [0, 0.1) is 5.92 Å². The Morgan fingerprint density at radius 1 is 1.40 bits per heavy atom. The van der Waals surface area contributed by atoms with Crippen LogP contribution in [0.1, 0.15) is 33.6 Å². The maximum Gasteiger partial charge on any atom is 0.219 e. The highest BCUT2D eigenvalue weighted by atomic mass is 79.9. The molecule has 0 N–H and O–H groups in total. The molecule has 1 rings (SSSR count). The van der Waals surface area contributed by atoms with Crippen molar-refractivity contribution in [3.8, 4) is 0 Å². The Balaban J connectivity index is 2.69. The molecule has 1 aliphatic rings. The van der Waals surface area contributed by atoms with Crippen molar-refractivity contribution in [2.75, 3.05) is 18.4 Å². The fourth-order valence-electron chi connectivity index (χ4n) is 1.79. The number of rotatable bonds is 3. The van der Waals surface area contributed by atoms with Gasteiger partial charge in [-0.25, -0.2) is 12.7 Å². The first-order valence-corrected chi connectivity index (χ1v) is 7.91. The summed E-state index contributed by atoms with van der Waals surface area (Å²) in [6.45, 7) is 6.68. The molecule has 0 aromatic carbocycles. The lowest BCUT2D eigenvalue weighted by Crippen LogP contribution is -2.41. The van der Waals surface area contributed by atoms with E-state index in [0.717, 1.165) is 18.2 Å². The average Bonchev–Trinajstić information content (AvgIpc) is 2.51. The molecular weight excluding hydrogens is 278 g/mol. The van der Waals surface area contributed by atoms with Gasteiger partial charge in [0.2, 0.25) is 10.0 Å². The van der Waals surface area contributed by atoms with E-state index in [1.54, 1.807) is 25.1 Å². The lowest BCUT2D eigenvalue weighted by Gasteiger charge is -2.26. The Bertz CT molecular complexity index is 308. The Kier molecular flexibility index (Phi) is 4.23. The van der Waals surface area contributed by atoms with E-state index in [4.69, 9.17) is 0 Å². The van der Waals surface area contributed by atoms with Gasteiger partial charge in [-0.05, 0) is 39.5 Å². The van der Waals surface area contributed by atoms with Crippen molar-refractivity contribution in [2.45, 2.75) is 38.4 Å². The fourth-order valence-corrected chi connectivity index (χ4v) is 3.97. The van der Waals surface area contributed by atoms with Gasteiger partial charge in [0.25, 0.3) is 0 Å². The van der Waals surface area contributed by atoms with E-state index in [1.165, 1.54) is 0 Å². The summed E-state index contributed by atoms with van der Waals surface area (Å²) in [6.07, 6.45) is 2.07. The molecule has 1 heterocycles. The van der Waals surface area contributed by atoms with Crippen LogP contribution in [-0.4, -0.2) is 35.9 Å². The van der Waals surface area contributed by atoms with Crippen LogP contribution in [0.4, 0.5) is 0 Å². The van der Waals surface area contributed by atoms with E-state index in [1.807, 2.05) is 0 Å². The predicted octanol–water partition coefficient (Wildman–Crippen LogP) is 2.22. The largest absolute Gasteiger partial charge is 0.219 e. The molecule has 1 aliphatic heterocycles. The molecule has 1 atom stereocenters. The monoisotopic (exact) mass is 297 g/mol. The Morgan fingerprint density at radius 3 is 2.47 bits per heavy atom. The van der Waals surface area contributed by atoms with E-state index in [2.05, 4.69) is 15.9 Å². The third kappa shape index (κ3) is 2.94. The first-order chi connectivity index (χ1) is 6.79. The van der Waals surface area contributed by atoms with Gasteiger partial charge in [-0.2, -0.15) is 0 Å². The van der Waals surface area contributed by atoms with Gasteiger partial charge in [-0.3, -0.25) is 0 Å². The predicted molar refractivity (Wildman–Crippen MR) is 66.8 cm³/mol. The quantitative estimate of drug-likeness (QED) is 0.749. The molecule has 1 saturated heterocycles. The Hall–Kier alpha value is 0.390. The Labute approximate surface area is 101 Å². The number of hydrogen-bond donors (Lipinski definition) is 0. The van der Waals surface area contributed by atoms with Gasteiger partial charge in [0, 0.05) is 18.4 Å². The SMILES string of the molecule is CC(C)(C)S(=O)(=O)N1CCC(CCBr)C1. The molecule has 15 heavy (non-hydrogen) atoms. The third-order valence-electron chi connectivity index (χ3n) is 2.88. The molecular formula is C10H20BrNO2S. The van der Waals surface area contributed by atoms with Crippen LogP contribution in [0.15, 0.2) is 0 Å². The normalized spacial score (nSPS) is 24.7. The summed E-state index contributed by atoms with van der Waals surface area (Å²) >= 11 is 3.40. The van der Waals surface area contributed by atoms with Gasteiger partial charge in [-0.15, -0.1) is 0 Å². The summed E-state index contributed by atoms with van der Waals surface area (Å²) in [6, 6.07) is 0. The van der Waals surface area contributed by atoms with Crippen molar-refractivity contribution in [3.05, 3.63) is 0 Å². The van der Waals surface area contributed by atoms with E-state index in [9.17, 15) is 8.42 Å². The summed E-state index contributed by atoms with van der Waals surface area (Å²) in [5.74, 6) is 0.529. The highest BCUT2D eigenvalue weighted by Gasteiger charge is 2.38. The van der Waals surface area contributed by atoms with Crippen LogP contribution in [0.5, 0.6) is 0 Å². The van der Waals surface area contributed by atoms with E-state index in [-0.39, 0.29) is 0 Å². The number of hydrogen-bond acceptors (Lipinski definition) is 2. The van der Waals surface area contributed by atoms with Crippen molar-refractivity contribution < 1.29 is 8.42 Å². The van der Waals surface area contributed by atoms with Crippen LogP contribution in [0.25, 0.3) is 0 Å². The fraction of sp³-hybridized carbons (Fsp3) is 1.00. The zero-order chi connectivity index (χ0) is 11.7. The summed E-state index contributed by atoms with van der Waals surface area (Å²) in [5, 5.41) is 0.959. The first-order valence-electron chi connectivity index (χ1n) is 5.34. The highest BCUT2D eigenvalue weighted by Crippen LogP contribution is 2.28. The molecule has 5 heteroatoms. The minimum Gasteiger partial charge on any atom is -0.212 e. The minimum atomic E-state index is -3.11. The smallest absolute Gasteiger partial charge is 0.212 e. The summed E-state index contributed by atoms with van der Waals surface area (Å²) < 4.78 is 25.2. The lowest BCUT2D eigenvalue weighted by atomic mass is 10.1. The van der Waals surface area contributed by atoms with Gasteiger partial charge >= 0.3 is 0 Å². The zero-order valence-electron chi connectivity index (χ0n) is 9.66. The molecule has 0 bridgehead atoms. The zero-order valence-corrected chi connectivity index (χ0v) is 12.1. The summed E-state index contributed by atoms with van der Waals surface area (Å²) in [5.41, 5.74) is 0. The van der Waals surface area contributed by atoms with Crippen LogP contribution in [0.2, 0.25) is 0 Å². The summed E-state index contributed by atoms with van der Waals surface area (Å²) in [7, 11) is -3.11. The van der Waals surface area contributed by atoms with Crippen molar-refractivity contribution >= 4 is 26.0 Å². The number of alkyl halides is 1. The second kappa shape index (κ2) is 4.72. The molecule has 0 aliphatic carbocycles. The van der Waals surface area contributed by atoms with Gasteiger partial charge < -0.3 is 0 Å². The minimum absolute atomic E-state index is 0.529. The Morgan fingerprint density at radius 2 is 2.00 bits per heavy atom. The maximum absolute atomic E-state index is 12.1. The third-order valence-corrected chi connectivity index (χ3v) is 5.90. The molecule has 3 nitrogen and oxygen atoms in total. The second-order valence-corrected chi connectivity index (χ2v) is 8.59. The van der Waals surface area contributed by atoms with E-state index >= 15 is 0 Å². The molecule has 0 aromatic rings. The molecule has 1 fully saturated rings. The standard InChI is InChI=1S/C10H20BrNO2S/c1-10(2,3)15(13,14)12-7-5-9(8-12)4-6-11/h9H,4-8H2,1-3H3.